The zero-order valence-electron chi connectivity index (χ0n) is 9.50. The number of ether oxygens (including phenoxy) is 1. The van der Waals surface area contributed by atoms with E-state index < -0.39 is 0 Å². The van der Waals surface area contributed by atoms with Crippen LogP contribution in [0.4, 0.5) is 0 Å². The van der Waals surface area contributed by atoms with Crippen LogP contribution < -0.4 is 5.32 Å². The maximum atomic E-state index is 11.3. The van der Waals surface area contributed by atoms with Crippen LogP contribution in [0.15, 0.2) is 24.3 Å². The molecule has 0 aliphatic heterocycles. The van der Waals surface area contributed by atoms with Gasteiger partial charge in [0.2, 0.25) is 0 Å². The van der Waals surface area contributed by atoms with E-state index in [2.05, 4.69) is 5.32 Å². The second-order valence-corrected chi connectivity index (χ2v) is 3.92. The van der Waals surface area contributed by atoms with Crippen molar-refractivity contribution < 1.29 is 9.53 Å². The van der Waals surface area contributed by atoms with Crippen LogP contribution in [0.5, 0.6) is 0 Å². The van der Waals surface area contributed by atoms with E-state index in [1.165, 1.54) is 0 Å². The molecule has 1 atom stereocenters. The lowest BCUT2D eigenvalue weighted by Crippen LogP contribution is -2.34. The van der Waals surface area contributed by atoms with Gasteiger partial charge < -0.3 is 10.1 Å². The molecule has 16 heavy (non-hydrogen) atoms. The van der Waals surface area contributed by atoms with Crippen molar-refractivity contribution >= 4 is 17.6 Å². The number of carbonyl (C=O) groups is 1. The van der Waals surface area contributed by atoms with Crippen LogP contribution in [0.2, 0.25) is 5.02 Å². The van der Waals surface area contributed by atoms with Crippen LogP contribution >= 0.6 is 11.6 Å². The number of esters is 1. The summed E-state index contributed by atoms with van der Waals surface area (Å²) in [5.74, 6) is -0.232. The first-order valence-corrected chi connectivity index (χ1v) is 5.65. The predicted molar refractivity (Wildman–Crippen MR) is 64.4 cm³/mol. The Morgan fingerprint density at radius 1 is 1.56 bits per heavy atom. The summed E-state index contributed by atoms with van der Waals surface area (Å²) in [4.78, 5) is 11.3. The lowest BCUT2D eigenvalue weighted by Gasteiger charge is -2.12. The highest BCUT2D eigenvalue weighted by atomic mass is 35.5. The Kier molecular flexibility index (Phi) is 5.29. The van der Waals surface area contributed by atoms with Crippen molar-refractivity contribution in [3.63, 3.8) is 0 Å². The highest BCUT2D eigenvalue weighted by molar-refractivity contribution is 6.30. The molecular weight excluding hydrogens is 226 g/mol. The number of rotatable bonds is 5. The topological polar surface area (TPSA) is 38.3 Å². The van der Waals surface area contributed by atoms with E-state index >= 15 is 0 Å². The van der Waals surface area contributed by atoms with Crippen molar-refractivity contribution in [1.29, 1.82) is 0 Å². The zero-order valence-corrected chi connectivity index (χ0v) is 10.3. The third-order valence-corrected chi connectivity index (χ3v) is 2.38. The van der Waals surface area contributed by atoms with Gasteiger partial charge in [0.05, 0.1) is 6.61 Å². The average Bonchev–Trinajstić information content (AvgIpc) is 2.26. The van der Waals surface area contributed by atoms with Gasteiger partial charge in [-0.1, -0.05) is 23.7 Å². The first-order valence-electron chi connectivity index (χ1n) is 5.28. The quantitative estimate of drug-likeness (QED) is 0.805. The molecule has 0 heterocycles. The lowest BCUT2D eigenvalue weighted by atomic mass is 10.2. The highest BCUT2D eigenvalue weighted by Gasteiger charge is 2.12. The lowest BCUT2D eigenvalue weighted by molar-refractivity contribution is -0.145. The molecule has 0 fully saturated rings. The molecule has 0 spiro atoms. The molecule has 3 nitrogen and oxygen atoms in total. The Hall–Kier alpha value is -1.06. The number of carbonyl (C=O) groups excluding carboxylic acids is 1. The van der Waals surface area contributed by atoms with E-state index in [1.54, 1.807) is 13.8 Å². The van der Waals surface area contributed by atoms with Crippen LogP contribution in [-0.2, 0) is 16.1 Å². The third-order valence-electron chi connectivity index (χ3n) is 2.14. The second kappa shape index (κ2) is 6.51. The van der Waals surface area contributed by atoms with Crippen LogP contribution in [0.1, 0.15) is 19.4 Å². The third kappa shape index (κ3) is 4.21. The van der Waals surface area contributed by atoms with Crippen LogP contribution in [0.3, 0.4) is 0 Å². The van der Waals surface area contributed by atoms with Gasteiger partial charge in [0.15, 0.2) is 0 Å². The summed E-state index contributed by atoms with van der Waals surface area (Å²) in [6.07, 6.45) is 0. The Bertz CT molecular complexity index is 355. The van der Waals surface area contributed by atoms with Crippen molar-refractivity contribution in [3.8, 4) is 0 Å². The maximum absolute atomic E-state index is 11.3. The monoisotopic (exact) mass is 241 g/mol. The van der Waals surface area contributed by atoms with E-state index in [1.807, 2.05) is 24.3 Å². The minimum Gasteiger partial charge on any atom is -0.465 e. The van der Waals surface area contributed by atoms with Gasteiger partial charge >= 0.3 is 5.97 Å². The molecule has 1 aromatic rings. The van der Waals surface area contributed by atoms with Gasteiger partial charge in [-0.15, -0.1) is 0 Å². The van der Waals surface area contributed by atoms with E-state index in [-0.39, 0.29) is 12.0 Å². The summed E-state index contributed by atoms with van der Waals surface area (Å²) >= 11 is 5.85. The number of halogens is 1. The Morgan fingerprint density at radius 2 is 2.31 bits per heavy atom. The van der Waals surface area contributed by atoms with Gasteiger partial charge in [-0.2, -0.15) is 0 Å². The largest absolute Gasteiger partial charge is 0.465 e. The average molecular weight is 242 g/mol. The van der Waals surface area contributed by atoms with Gasteiger partial charge in [0.1, 0.15) is 6.04 Å². The molecule has 1 N–H and O–H groups in total. The molecule has 0 radical (unpaired) electrons. The van der Waals surface area contributed by atoms with Crippen LogP contribution in [-0.4, -0.2) is 18.6 Å². The molecule has 0 bridgehead atoms. The molecular formula is C12H16ClNO2. The molecule has 1 unspecified atom stereocenters. The molecule has 0 amide bonds. The Morgan fingerprint density at radius 3 is 2.94 bits per heavy atom. The molecule has 88 valence electrons. The fourth-order valence-corrected chi connectivity index (χ4v) is 1.48. The normalized spacial score (nSPS) is 12.2. The minimum atomic E-state index is -0.307. The Labute approximate surface area is 101 Å². The summed E-state index contributed by atoms with van der Waals surface area (Å²) in [6, 6.07) is 7.22. The SMILES string of the molecule is CCOC(=O)C(C)NCc1cccc(Cl)c1. The maximum Gasteiger partial charge on any atom is 0.322 e. The predicted octanol–water partition coefficient (Wildman–Crippen LogP) is 2.38. The first-order chi connectivity index (χ1) is 7.63. The van der Waals surface area contributed by atoms with Gasteiger partial charge in [0, 0.05) is 11.6 Å². The van der Waals surface area contributed by atoms with E-state index in [0.29, 0.717) is 18.2 Å². The van der Waals surface area contributed by atoms with Crippen LogP contribution in [0.25, 0.3) is 0 Å². The smallest absolute Gasteiger partial charge is 0.322 e. The van der Waals surface area contributed by atoms with E-state index in [9.17, 15) is 4.79 Å². The van der Waals surface area contributed by atoms with Gasteiger partial charge in [-0.3, -0.25) is 4.79 Å². The zero-order chi connectivity index (χ0) is 12.0. The molecule has 4 heteroatoms. The van der Waals surface area contributed by atoms with Crippen molar-refractivity contribution in [2.24, 2.45) is 0 Å². The number of nitrogens with one attached hydrogen (secondary N) is 1. The van der Waals surface area contributed by atoms with Gasteiger partial charge in [0.25, 0.3) is 0 Å². The van der Waals surface area contributed by atoms with Crippen molar-refractivity contribution in [2.75, 3.05) is 6.61 Å². The highest BCUT2D eigenvalue weighted by Crippen LogP contribution is 2.10. The summed E-state index contributed by atoms with van der Waals surface area (Å²) in [5.41, 5.74) is 1.05. The molecule has 1 rings (SSSR count). The number of hydrogen-bond donors (Lipinski definition) is 1. The first kappa shape index (κ1) is 13.0. The fraction of sp³-hybridized carbons (Fsp3) is 0.417. The fourth-order valence-electron chi connectivity index (χ4n) is 1.27. The summed E-state index contributed by atoms with van der Waals surface area (Å²) in [6.45, 7) is 4.58. The summed E-state index contributed by atoms with van der Waals surface area (Å²) in [5, 5.41) is 3.77. The molecule has 0 saturated heterocycles. The van der Waals surface area contributed by atoms with Crippen molar-refractivity contribution in [2.45, 2.75) is 26.4 Å². The standard InChI is InChI=1S/C12H16ClNO2/c1-3-16-12(15)9(2)14-8-10-5-4-6-11(13)7-10/h4-7,9,14H,3,8H2,1-2H3. The molecule has 0 aliphatic rings. The summed E-state index contributed by atoms with van der Waals surface area (Å²) in [7, 11) is 0. The van der Waals surface area contributed by atoms with Crippen molar-refractivity contribution in [1.82, 2.24) is 5.32 Å². The number of hydrogen-bond acceptors (Lipinski definition) is 3. The van der Waals surface area contributed by atoms with Gasteiger partial charge in [-0.25, -0.2) is 0 Å². The summed E-state index contributed by atoms with van der Waals surface area (Å²) < 4.78 is 4.89. The molecule has 1 aromatic carbocycles. The van der Waals surface area contributed by atoms with E-state index in [4.69, 9.17) is 16.3 Å². The number of benzene rings is 1. The van der Waals surface area contributed by atoms with E-state index in [0.717, 1.165) is 5.56 Å². The second-order valence-electron chi connectivity index (χ2n) is 3.48. The Balaban J connectivity index is 2.42. The van der Waals surface area contributed by atoms with Gasteiger partial charge in [-0.05, 0) is 31.5 Å². The molecule has 0 saturated carbocycles. The molecule has 0 aromatic heterocycles. The molecule has 0 aliphatic carbocycles. The van der Waals surface area contributed by atoms with Crippen molar-refractivity contribution in [3.05, 3.63) is 34.9 Å². The minimum absolute atomic E-state index is 0.232. The van der Waals surface area contributed by atoms with Crippen LogP contribution in [0, 0.1) is 0 Å².